The van der Waals surface area contributed by atoms with Gasteiger partial charge in [-0.2, -0.15) is 0 Å². The van der Waals surface area contributed by atoms with E-state index in [2.05, 4.69) is 305 Å². The van der Waals surface area contributed by atoms with Gasteiger partial charge in [0.2, 0.25) is 0 Å². The van der Waals surface area contributed by atoms with E-state index in [1.165, 1.54) is 93.8 Å². The molecule has 0 aliphatic heterocycles. The molecule has 76 heavy (non-hydrogen) atoms. The predicted molar refractivity (Wildman–Crippen MR) is 330 cm³/mol. The lowest BCUT2D eigenvalue weighted by Gasteiger charge is -2.36. The molecule has 11 rings (SSSR count). The maximum Gasteiger partial charge on any atom is 0.0547 e. The molecule has 0 fully saturated rings. The molecule has 2 nitrogen and oxygen atoms in total. The zero-order valence-electron chi connectivity index (χ0n) is 46.9. The molecule has 2 heteroatoms. The Kier molecular flexibility index (Phi) is 12.7. The highest BCUT2D eigenvalue weighted by Crippen LogP contribution is 2.50. The van der Waals surface area contributed by atoms with Gasteiger partial charge in [0.15, 0.2) is 0 Å². The molecule has 0 bridgehead atoms. The second kappa shape index (κ2) is 19.2. The van der Waals surface area contributed by atoms with Crippen LogP contribution in [0.4, 0.5) is 17.1 Å². The van der Waals surface area contributed by atoms with E-state index in [4.69, 9.17) is 0 Å². The topological polar surface area (TPSA) is 8.17 Å². The maximum atomic E-state index is 2.57. The van der Waals surface area contributed by atoms with Crippen molar-refractivity contribution in [3.05, 3.63) is 235 Å². The molecular formula is C74H74N2. The van der Waals surface area contributed by atoms with Gasteiger partial charge in [0.05, 0.1) is 22.4 Å². The lowest BCUT2D eigenvalue weighted by Crippen LogP contribution is -2.23. The van der Waals surface area contributed by atoms with E-state index in [0.29, 0.717) is 5.92 Å². The number of benzene rings is 9. The Hall–Kier alpha value is -7.68. The van der Waals surface area contributed by atoms with E-state index in [0.717, 1.165) is 29.2 Å². The van der Waals surface area contributed by atoms with Crippen molar-refractivity contribution >= 4 is 55.2 Å². The van der Waals surface area contributed by atoms with Crippen molar-refractivity contribution in [2.75, 3.05) is 4.90 Å². The lowest BCUT2D eigenvalue weighted by atomic mass is 9.69. The van der Waals surface area contributed by atoms with E-state index in [9.17, 15) is 0 Å². The minimum absolute atomic E-state index is 0.0201. The average molecular weight is 991 g/mol. The highest BCUT2D eigenvalue weighted by molar-refractivity contribution is 6.16. The molecule has 1 aliphatic carbocycles. The van der Waals surface area contributed by atoms with Gasteiger partial charge in [0.25, 0.3) is 0 Å². The van der Waals surface area contributed by atoms with E-state index in [1.807, 2.05) is 0 Å². The summed E-state index contributed by atoms with van der Waals surface area (Å²) in [5.41, 5.74) is 21.0. The number of para-hydroxylation sites is 4. The van der Waals surface area contributed by atoms with Gasteiger partial charge < -0.3 is 9.47 Å². The second-order valence-electron chi connectivity index (χ2n) is 25.5. The van der Waals surface area contributed by atoms with Crippen LogP contribution in [0.2, 0.25) is 0 Å². The van der Waals surface area contributed by atoms with Crippen LogP contribution in [0.15, 0.2) is 218 Å². The highest BCUT2D eigenvalue weighted by Gasteiger charge is 2.32. The van der Waals surface area contributed by atoms with Crippen LogP contribution >= 0.6 is 0 Å². The molecule has 0 saturated heterocycles. The smallest absolute Gasteiger partial charge is 0.0547 e. The van der Waals surface area contributed by atoms with Crippen LogP contribution in [0, 0.1) is 16.7 Å². The van der Waals surface area contributed by atoms with Gasteiger partial charge in [-0.3, -0.25) is 0 Å². The third-order valence-corrected chi connectivity index (χ3v) is 16.1. The number of allylic oxidation sites excluding steroid dienone is 4. The van der Waals surface area contributed by atoms with Gasteiger partial charge in [-0.25, -0.2) is 0 Å². The normalized spacial score (nSPS) is 14.6. The fourth-order valence-electron chi connectivity index (χ4n) is 11.6. The first kappa shape index (κ1) is 50.5. The molecule has 380 valence electrons. The van der Waals surface area contributed by atoms with E-state index < -0.39 is 0 Å². The summed E-state index contributed by atoms with van der Waals surface area (Å²) >= 11 is 0. The summed E-state index contributed by atoms with van der Waals surface area (Å²) in [5, 5.41) is 5.05. The van der Waals surface area contributed by atoms with E-state index >= 15 is 0 Å². The molecule has 1 aromatic heterocycles. The summed E-state index contributed by atoms with van der Waals surface area (Å²) in [4.78, 5) is 2.54. The van der Waals surface area contributed by atoms with Crippen molar-refractivity contribution in [3.8, 4) is 39.1 Å². The van der Waals surface area contributed by atoms with Crippen molar-refractivity contribution in [2.24, 2.45) is 16.7 Å². The van der Waals surface area contributed by atoms with Gasteiger partial charge >= 0.3 is 0 Å². The SMILES string of the molecule is CC(C)(C)C1=CC(C(C)(C)C)CC(c2cccc3cccc(-c4ccccc4N(c4ccc(-c5cccc6c5c5ccccc5n6-c5ccccc5)cc4)c4ccccc4-c4cc(C(C)(C)C)cc(C(C)(C)C)c4)c23)=C1. The molecule has 0 amide bonds. The van der Waals surface area contributed by atoms with Crippen LogP contribution in [0.1, 0.15) is 106 Å². The Balaban J connectivity index is 1.14. The van der Waals surface area contributed by atoms with Crippen molar-refractivity contribution in [1.82, 2.24) is 4.57 Å². The molecule has 1 heterocycles. The van der Waals surface area contributed by atoms with Crippen LogP contribution < -0.4 is 4.90 Å². The molecule has 1 atom stereocenters. The standard InChI is InChI=1S/C74H74N2/c1-71(2,3)53-43-51(44-54(47-53)72(4,5)6)59-29-16-19-35-65(59)75(58-41-39-49(40-42-58)60-33-24-38-68-70(60)64-31-18-21-37-67(64)76(68)57-27-14-13-15-28-57)66-36-20-17-30-62(66)63-34-23-26-50-25-22-32-61(69(50)63)52-45-55(73(7,8)9)48-56(46-52)74(10,11)12/h13-45,47-48,56H,46H2,1-12H3. The number of fused-ring (bicyclic) bond motifs is 4. The molecule has 0 saturated carbocycles. The van der Waals surface area contributed by atoms with Crippen LogP contribution in [-0.2, 0) is 10.8 Å². The summed E-state index contributed by atoms with van der Waals surface area (Å²) in [6.07, 6.45) is 6.08. The van der Waals surface area contributed by atoms with Crippen LogP contribution in [0.25, 0.3) is 77.2 Å². The van der Waals surface area contributed by atoms with Gasteiger partial charge in [-0.05, 0) is 143 Å². The fraction of sp³-hybridized carbons (Fsp3) is 0.243. The maximum absolute atomic E-state index is 2.57. The summed E-state index contributed by atoms with van der Waals surface area (Å²) in [7, 11) is 0. The molecule has 9 aromatic carbocycles. The second-order valence-corrected chi connectivity index (χ2v) is 25.5. The Morgan fingerprint density at radius 2 is 0.961 bits per heavy atom. The Morgan fingerprint density at radius 3 is 1.61 bits per heavy atom. The number of aromatic nitrogens is 1. The van der Waals surface area contributed by atoms with Crippen LogP contribution in [0.5, 0.6) is 0 Å². The van der Waals surface area contributed by atoms with Crippen molar-refractivity contribution < 1.29 is 0 Å². The quantitative estimate of drug-likeness (QED) is 0.147. The number of hydrogen-bond donors (Lipinski definition) is 0. The van der Waals surface area contributed by atoms with Gasteiger partial charge in [-0.15, -0.1) is 0 Å². The molecule has 0 radical (unpaired) electrons. The van der Waals surface area contributed by atoms with E-state index in [1.54, 1.807) is 0 Å². The number of anilines is 3. The molecule has 0 spiro atoms. The van der Waals surface area contributed by atoms with Crippen LogP contribution in [-0.4, -0.2) is 4.57 Å². The zero-order chi connectivity index (χ0) is 53.3. The van der Waals surface area contributed by atoms with Crippen molar-refractivity contribution in [1.29, 1.82) is 0 Å². The highest BCUT2D eigenvalue weighted by atomic mass is 15.1. The zero-order valence-corrected chi connectivity index (χ0v) is 46.9. The third kappa shape index (κ3) is 9.42. The molecule has 10 aromatic rings. The monoisotopic (exact) mass is 991 g/mol. The number of rotatable bonds is 8. The third-order valence-electron chi connectivity index (χ3n) is 16.1. The van der Waals surface area contributed by atoms with Crippen molar-refractivity contribution in [3.63, 3.8) is 0 Å². The molecule has 0 N–H and O–H groups in total. The Morgan fingerprint density at radius 1 is 0.421 bits per heavy atom. The summed E-state index contributed by atoms with van der Waals surface area (Å²) in [6, 6.07) is 75.1. The van der Waals surface area contributed by atoms with Gasteiger partial charge in [-0.1, -0.05) is 247 Å². The molecule has 1 unspecified atom stereocenters. The first-order valence-electron chi connectivity index (χ1n) is 27.5. The predicted octanol–water partition coefficient (Wildman–Crippen LogP) is 21.4. The van der Waals surface area contributed by atoms with Crippen molar-refractivity contribution in [2.45, 2.75) is 100 Å². The van der Waals surface area contributed by atoms with Gasteiger partial charge in [0, 0.05) is 33.3 Å². The Labute approximate surface area is 453 Å². The summed E-state index contributed by atoms with van der Waals surface area (Å²) in [5.74, 6) is 0.413. The summed E-state index contributed by atoms with van der Waals surface area (Å²) in [6.45, 7) is 28.3. The first-order valence-corrected chi connectivity index (χ1v) is 27.5. The van der Waals surface area contributed by atoms with Crippen LogP contribution in [0.3, 0.4) is 0 Å². The number of nitrogens with zero attached hydrogens (tertiary/aromatic N) is 2. The molecule has 1 aliphatic rings. The first-order chi connectivity index (χ1) is 36.2. The minimum atomic E-state index is -0.0422. The summed E-state index contributed by atoms with van der Waals surface area (Å²) < 4.78 is 2.41. The molecular weight excluding hydrogens is 917 g/mol. The number of hydrogen-bond acceptors (Lipinski definition) is 1. The fourth-order valence-corrected chi connectivity index (χ4v) is 11.6. The largest absolute Gasteiger partial charge is 0.309 e. The Bertz CT molecular complexity index is 3830. The lowest BCUT2D eigenvalue weighted by molar-refractivity contribution is 0.292. The average Bonchev–Trinajstić information content (AvgIpc) is 3.77. The van der Waals surface area contributed by atoms with Gasteiger partial charge in [0.1, 0.15) is 0 Å². The van der Waals surface area contributed by atoms with E-state index in [-0.39, 0.29) is 21.7 Å². The minimum Gasteiger partial charge on any atom is -0.309 e.